The average molecular weight is 593 g/mol. The van der Waals surface area contributed by atoms with E-state index >= 15 is 0 Å². The molecule has 2 saturated carbocycles. The lowest BCUT2D eigenvalue weighted by Gasteiger charge is -2.44. The molecule has 0 aromatic heterocycles. The molecule has 2 aliphatic rings. The van der Waals surface area contributed by atoms with Gasteiger partial charge in [-0.1, -0.05) is 107 Å². The minimum atomic E-state index is -2.64. The molecular formula is C36H52O5Si. The van der Waals surface area contributed by atoms with Crippen molar-refractivity contribution in [3.05, 3.63) is 60.7 Å². The number of fused-ring (bicyclic) bond motifs is 2. The third-order valence-electron chi connectivity index (χ3n) is 9.69. The Hall–Kier alpha value is -2.12. The van der Waals surface area contributed by atoms with Crippen molar-refractivity contribution in [2.75, 3.05) is 27.1 Å². The Morgan fingerprint density at radius 2 is 1.48 bits per heavy atom. The highest BCUT2D eigenvalue weighted by molar-refractivity contribution is 6.99. The van der Waals surface area contributed by atoms with Gasteiger partial charge >= 0.3 is 0 Å². The van der Waals surface area contributed by atoms with Gasteiger partial charge < -0.3 is 13.9 Å². The Kier molecular flexibility index (Phi) is 12.1. The molecule has 230 valence electrons. The summed E-state index contributed by atoms with van der Waals surface area (Å²) in [7, 11) is -0.987. The molecule has 6 heteroatoms. The molecule has 2 aliphatic carbocycles. The third-order valence-corrected chi connectivity index (χ3v) is 14.7. The van der Waals surface area contributed by atoms with Crippen LogP contribution in [0, 0.1) is 23.7 Å². The first-order chi connectivity index (χ1) is 20.3. The molecular weight excluding hydrogens is 540 g/mol. The Morgan fingerprint density at radius 3 is 2.10 bits per heavy atom. The van der Waals surface area contributed by atoms with Gasteiger partial charge in [-0.15, -0.1) is 0 Å². The summed E-state index contributed by atoms with van der Waals surface area (Å²) in [6.45, 7) is 8.67. The lowest BCUT2D eigenvalue weighted by atomic mass is 9.64. The molecule has 2 aromatic carbocycles. The fourth-order valence-corrected chi connectivity index (χ4v) is 12.3. The van der Waals surface area contributed by atoms with E-state index in [-0.39, 0.29) is 28.6 Å². The van der Waals surface area contributed by atoms with E-state index in [0.29, 0.717) is 44.4 Å². The van der Waals surface area contributed by atoms with Crippen LogP contribution in [0.2, 0.25) is 5.04 Å². The summed E-state index contributed by atoms with van der Waals surface area (Å²) in [6.07, 6.45) is 9.08. The van der Waals surface area contributed by atoms with Crippen LogP contribution in [-0.4, -0.2) is 47.0 Å². The molecule has 2 fully saturated rings. The predicted molar refractivity (Wildman–Crippen MR) is 172 cm³/mol. The van der Waals surface area contributed by atoms with E-state index < -0.39 is 8.32 Å². The number of ketones is 2. The minimum absolute atomic E-state index is 0.00889. The van der Waals surface area contributed by atoms with Gasteiger partial charge in [0.1, 0.15) is 18.4 Å². The van der Waals surface area contributed by atoms with E-state index in [1.165, 1.54) is 16.8 Å². The Balaban J connectivity index is 1.51. The highest BCUT2D eigenvalue weighted by atomic mass is 28.4. The molecule has 0 spiro atoms. The molecule has 2 aromatic rings. The maximum Gasteiger partial charge on any atom is 0.261 e. The normalized spacial score (nSPS) is 23.1. The Morgan fingerprint density at radius 1 is 0.833 bits per heavy atom. The van der Waals surface area contributed by atoms with Crippen molar-refractivity contribution in [1.29, 1.82) is 0 Å². The molecule has 0 N–H and O–H groups in total. The molecule has 5 nitrogen and oxygen atoms in total. The van der Waals surface area contributed by atoms with Gasteiger partial charge in [-0.25, -0.2) is 0 Å². The zero-order valence-corrected chi connectivity index (χ0v) is 27.3. The van der Waals surface area contributed by atoms with Crippen molar-refractivity contribution >= 4 is 30.3 Å². The van der Waals surface area contributed by atoms with E-state index in [1.54, 1.807) is 7.11 Å². The van der Waals surface area contributed by atoms with Crippen molar-refractivity contribution < 1.29 is 23.5 Å². The SMILES string of the molecule is COCOCCCCCCC1C[C@@H]2CC(=O)CC[C@@H](C2=O)[C@H]1CCO[Si](c1ccccc1)(c1ccccc1)C(C)(C)C. The monoisotopic (exact) mass is 592 g/mol. The lowest BCUT2D eigenvalue weighted by Crippen LogP contribution is -2.66. The number of hydrogen-bond donors (Lipinski definition) is 0. The number of carbonyl (C=O) groups excluding carboxylic acids is 2. The molecule has 2 bridgehead atoms. The van der Waals surface area contributed by atoms with Crippen LogP contribution in [0.3, 0.4) is 0 Å². The molecule has 0 amide bonds. The van der Waals surface area contributed by atoms with Crippen LogP contribution in [0.5, 0.6) is 0 Å². The highest BCUT2D eigenvalue weighted by Gasteiger charge is 2.51. The van der Waals surface area contributed by atoms with Gasteiger partial charge in [-0.3, -0.25) is 9.59 Å². The zero-order chi connectivity index (χ0) is 30.0. The number of hydrogen-bond acceptors (Lipinski definition) is 5. The molecule has 4 atom stereocenters. The lowest BCUT2D eigenvalue weighted by molar-refractivity contribution is -0.135. The van der Waals surface area contributed by atoms with Crippen molar-refractivity contribution in [3.63, 3.8) is 0 Å². The summed E-state index contributed by atoms with van der Waals surface area (Å²) in [4.78, 5) is 26.2. The first kappa shape index (κ1) is 32.8. The summed E-state index contributed by atoms with van der Waals surface area (Å²) in [6, 6.07) is 21.6. The number of methoxy groups -OCH3 is 1. The molecule has 1 unspecified atom stereocenters. The molecule has 0 radical (unpaired) electrons. The second-order valence-corrected chi connectivity index (χ2v) is 17.8. The fourth-order valence-electron chi connectivity index (χ4n) is 7.72. The first-order valence-corrected chi connectivity index (χ1v) is 18.1. The number of unbranched alkanes of at least 4 members (excludes halogenated alkanes) is 3. The summed E-state index contributed by atoms with van der Waals surface area (Å²) in [5.41, 5.74) is 0. The van der Waals surface area contributed by atoms with E-state index in [0.717, 1.165) is 45.1 Å². The van der Waals surface area contributed by atoms with E-state index in [2.05, 4.69) is 81.4 Å². The predicted octanol–water partition coefficient (Wildman–Crippen LogP) is 6.71. The van der Waals surface area contributed by atoms with E-state index in [1.807, 2.05) is 0 Å². The number of Topliss-reactive ketones (excluding diaryl/α,β-unsaturated/α-hetero) is 2. The van der Waals surface area contributed by atoms with Crippen molar-refractivity contribution in [3.8, 4) is 0 Å². The van der Waals surface area contributed by atoms with Crippen LogP contribution < -0.4 is 10.4 Å². The second-order valence-electron chi connectivity index (χ2n) is 13.5. The first-order valence-electron chi connectivity index (χ1n) is 16.1. The molecule has 4 rings (SSSR count). The molecule has 0 heterocycles. The zero-order valence-electron chi connectivity index (χ0n) is 26.3. The maximum absolute atomic E-state index is 13.6. The Labute approximate surface area is 254 Å². The van der Waals surface area contributed by atoms with Gasteiger partial charge in [0.05, 0.1) is 0 Å². The van der Waals surface area contributed by atoms with Gasteiger partial charge in [-0.2, -0.15) is 0 Å². The van der Waals surface area contributed by atoms with Crippen LogP contribution in [0.15, 0.2) is 60.7 Å². The fraction of sp³-hybridized carbons (Fsp3) is 0.611. The van der Waals surface area contributed by atoms with Crippen molar-refractivity contribution in [2.45, 2.75) is 90.0 Å². The van der Waals surface area contributed by atoms with E-state index in [9.17, 15) is 9.59 Å². The van der Waals surface area contributed by atoms with Gasteiger partial charge in [0.25, 0.3) is 8.32 Å². The van der Waals surface area contributed by atoms with Crippen LogP contribution in [0.1, 0.15) is 85.0 Å². The number of carbonyl (C=O) groups is 2. The van der Waals surface area contributed by atoms with Crippen LogP contribution in [0.25, 0.3) is 0 Å². The number of rotatable bonds is 15. The summed E-state index contributed by atoms with van der Waals surface area (Å²) in [5, 5.41) is 2.49. The van der Waals surface area contributed by atoms with Crippen molar-refractivity contribution in [1.82, 2.24) is 0 Å². The van der Waals surface area contributed by atoms with Gasteiger partial charge in [0, 0.05) is 45.0 Å². The smallest absolute Gasteiger partial charge is 0.261 e. The van der Waals surface area contributed by atoms with Gasteiger partial charge in [-0.05, 0) is 52.9 Å². The van der Waals surface area contributed by atoms with Gasteiger partial charge in [0.15, 0.2) is 0 Å². The topological polar surface area (TPSA) is 61.8 Å². The summed E-state index contributed by atoms with van der Waals surface area (Å²) < 4.78 is 17.7. The maximum atomic E-state index is 13.6. The molecule has 42 heavy (non-hydrogen) atoms. The largest absolute Gasteiger partial charge is 0.407 e. The van der Waals surface area contributed by atoms with Crippen LogP contribution >= 0.6 is 0 Å². The standard InChI is InChI=1S/C36H52O5Si/c1-36(2,3)42(31-16-10-7-11-17-31,32-18-12-8-13-19-32)41-24-22-33-28(15-9-5-6-14-23-40-27-39-4)25-29-26-30(37)20-21-34(33)35(29)38/h7-8,10-13,16-19,28-29,33-34H,5-6,9,14-15,20-27H2,1-4H3/t28?,29-,33+,34-/m1/s1. The van der Waals surface area contributed by atoms with Crippen LogP contribution in [-0.2, 0) is 23.5 Å². The summed E-state index contributed by atoms with van der Waals surface area (Å²) in [5.74, 6) is 1.29. The number of benzene rings is 2. The Bertz CT molecular complexity index is 1070. The van der Waals surface area contributed by atoms with Gasteiger partial charge in [0.2, 0.25) is 0 Å². The number of ether oxygens (including phenoxy) is 2. The quantitative estimate of drug-likeness (QED) is 0.131. The molecule has 0 aliphatic heterocycles. The second kappa shape index (κ2) is 15.6. The average Bonchev–Trinajstić information content (AvgIpc) is 3.07. The third kappa shape index (κ3) is 7.87. The van der Waals surface area contributed by atoms with Crippen molar-refractivity contribution in [2.24, 2.45) is 23.7 Å². The molecule has 0 saturated heterocycles. The minimum Gasteiger partial charge on any atom is -0.407 e. The van der Waals surface area contributed by atoms with E-state index in [4.69, 9.17) is 13.9 Å². The van der Waals surface area contributed by atoms with Crippen LogP contribution in [0.4, 0.5) is 0 Å². The highest BCUT2D eigenvalue weighted by Crippen LogP contribution is 2.46. The summed E-state index contributed by atoms with van der Waals surface area (Å²) >= 11 is 0.